The standard InChI is InChI=1S/C17H20N2O3S/c1-23(21,22)14-7-6-12-19(13-14)17(20)15-8-2-3-9-16(15)18-10-4-5-11-18/h2-5,8-11,14H,6-7,12-13H2,1H3. The van der Waals surface area contributed by atoms with Crippen LogP contribution in [-0.2, 0) is 9.84 Å². The van der Waals surface area contributed by atoms with Gasteiger partial charge in [-0.2, -0.15) is 0 Å². The lowest BCUT2D eigenvalue weighted by Gasteiger charge is -2.32. The summed E-state index contributed by atoms with van der Waals surface area (Å²) in [7, 11) is -3.13. The Hall–Kier alpha value is -2.08. The number of carbonyl (C=O) groups is 1. The maximum Gasteiger partial charge on any atom is 0.256 e. The number of piperidine rings is 1. The maximum absolute atomic E-state index is 12.9. The van der Waals surface area contributed by atoms with Gasteiger partial charge >= 0.3 is 0 Å². The average Bonchev–Trinajstić information content (AvgIpc) is 3.08. The fourth-order valence-corrected chi connectivity index (χ4v) is 4.06. The second kappa shape index (κ2) is 6.20. The summed E-state index contributed by atoms with van der Waals surface area (Å²) < 4.78 is 25.5. The van der Waals surface area contributed by atoms with Gasteiger partial charge in [-0.3, -0.25) is 4.79 Å². The van der Waals surface area contributed by atoms with Crippen LogP contribution in [0.4, 0.5) is 0 Å². The molecular formula is C17H20N2O3S. The van der Waals surface area contributed by atoms with Gasteiger partial charge in [0, 0.05) is 31.7 Å². The highest BCUT2D eigenvalue weighted by molar-refractivity contribution is 7.91. The van der Waals surface area contributed by atoms with Crippen LogP contribution >= 0.6 is 0 Å². The molecule has 1 unspecified atom stereocenters. The Kier molecular flexibility index (Phi) is 4.26. The first kappa shape index (κ1) is 15.8. The molecule has 5 nitrogen and oxygen atoms in total. The molecule has 0 spiro atoms. The van der Waals surface area contributed by atoms with E-state index in [1.807, 2.05) is 47.3 Å². The predicted octanol–water partition coefficient (Wildman–Crippen LogP) is 2.13. The normalized spacial score (nSPS) is 18.8. The largest absolute Gasteiger partial charge is 0.337 e. The fraction of sp³-hybridized carbons (Fsp3) is 0.353. The number of hydrogen-bond acceptors (Lipinski definition) is 3. The van der Waals surface area contributed by atoms with Crippen molar-refractivity contribution >= 4 is 15.7 Å². The number of amides is 1. The molecule has 1 aliphatic rings. The molecule has 2 aromatic rings. The van der Waals surface area contributed by atoms with Crippen molar-refractivity contribution in [2.45, 2.75) is 18.1 Å². The van der Waals surface area contributed by atoms with E-state index in [0.29, 0.717) is 18.5 Å². The van der Waals surface area contributed by atoms with Gasteiger partial charge in [0.05, 0.1) is 16.5 Å². The van der Waals surface area contributed by atoms with Crippen LogP contribution in [0.3, 0.4) is 0 Å². The van der Waals surface area contributed by atoms with Crippen molar-refractivity contribution in [1.82, 2.24) is 9.47 Å². The second-order valence-corrected chi connectivity index (χ2v) is 8.28. The maximum atomic E-state index is 12.9. The van der Waals surface area contributed by atoms with Crippen LogP contribution in [0.2, 0.25) is 0 Å². The molecule has 0 aliphatic carbocycles. The first-order valence-corrected chi connectivity index (χ1v) is 9.63. The van der Waals surface area contributed by atoms with Gasteiger partial charge in [-0.15, -0.1) is 0 Å². The third-order valence-corrected chi connectivity index (χ3v) is 5.88. The molecule has 23 heavy (non-hydrogen) atoms. The van der Waals surface area contributed by atoms with Crippen LogP contribution in [0.15, 0.2) is 48.8 Å². The van der Waals surface area contributed by atoms with E-state index in [2.05, 4.69) is 0 Å². The highest BCUT2D eigenvalue weighted by Gasteiger charge is 2.31. The molecule has 1 amide bonds. The van der Waals surface area contributed by atoms with Crippen molar-refractivity contribution in [3.8, 4) is 5.69 Å². The topological polar surface area (TPSA) is 59.4 Å². The minimum atomic E-state index is -3.13. The highest BCUT2D eigenvalue weighted by atomic mass is 32.2. The molecule has 0 radical (unpaired) electrons. The van der Waals surface area contributed by atoms with Gasteiger partial charge in [0.2, 0.25) is 0 Å². The molecule has 0 N–H and O–H groups in total. The van der Waals surface area contributed by atoms with Crippen molar-refractivity contribution in [2.75, 3.05) is 19.3 Å². The minimum Gasteiger partial charge on any atom is -0.337 e. The molecule has 1 fully saturated rings. The third kappa shape index (κ3) is 3.32. The number of carbonyl (C=O) groups excluding carboxylic acids is 1. The zero-order valence-corrected chi connectivity index (χ0v) is 13.9. The van der Waals surface area contributed by atoms with Gasteiger partial charge in [0.15, 0.2) is 9.84 Å². The number of likely N-dealkylation sites (tertiary alicyclic amines) is 1. The first-order chi connectivity index (χ1) is 11.0. The van der Waals surface area contributed by atoms with Crippen molar-refractivity contribution in [3.05, 3.63) is 54.4 Å². The van der Waals surface area contributed by atoms with Crippen molar-refractivity contribution in [1.29, 1.82) is 0 Å². The van der Waals surface area contributed by atoms with Crippen LogP contribution in [0.25, 0.3) is 5.69 Å². The van der Waals surface area contributed by atoms with E-state index in [-0.39, 0.29) is 12.5 Å². The molecule has 6 heteroatoms. The first-order valence-electron chi connectivity index (χ1n) is 7.67. The van der Waals surface area contributed by atoms with Crippen LogP contribution in [0, 0.1) is 0 Å². The van der Waals surface area contributed by atoms with E-state index < -0.39 is 15.1 Å². The van der Waals surface area contributed by atoms with E-state index in [1.165, 1.54) is 6.26 Å². The Morgan fingerprint density at radius 3 is 2.52 bits per heavy atom. The number of sulfone groups is 1. The second-order valence-electron chi connectivity index (χ2n) is 5.95. The monoisotopic (exact) mass is 332 g/mol. The molecule has 1 aromatic carbocycles. The molecule has 1 saturated heterocycles. The Morgan fingerprint density at radius 1 is 1.13 bits per heavy atom. The number of aromatic nitrogens is 1. The average molecular weight is 332 g/mol. The summed E-state index contributed by atoms with van der Waals surface area (Å²) in [6, 6.07) is 11.2. The Morgan fingerprint density at radius 2 is 1.83 bits per heavy atom. The summed E-state index contributed by atoms with van der Waals surface area (Å²) in [5, 5.41) is -0.459. The highest BCUT2D eigenvalue weighted by Crippen LogP contribution is 2.22. The summed E-state index contributed by atoms with van der Waals surface area (Å²) in [6.45, 7) is 0.878. The number of nitrogens with zero attached hydrogens (tertiary/aromatic N) is 2. The van der Waals surface area contributed by atoms with Gasteiger partial charge in [-0.05, 0) is 37.1 Å². The van der Waals surface area contributed by atoms with E-state index >= 15 is 0 Å². The lowest BCUT2D eigenvalue weighted by Crippen LogP contribution is -2.45. The smallest absolute Gasteiger partial charge is 0.256 e. The van der Waals surface area contributed by atoms with Crippen LogP contribution in [0.1, 0.15) is 23.2 Å². The fourth-order valence-electron chi connectivity index (χ4n) is 3.02. The summed E-state index contributed by atoms with van der Waals surface area (Å²) >= 11 is 0. The predicted molar refractivity (Wildman–Crippen MR) is 89.5 cm³/mol. The number of benzene rings is 1. The lowest BCUT2D eigenvalue weighted by atomic mass is 10.1. The van der Waals surface area contributed by atoms with Crippen molar-refractivity contribution in [2.24, 2.45) is 0 Å². The molecule has 1 aromatic heterocycles. The quantitative estimate of drug-likeness (QED) is 0.865. The number of hydrogen-bond donors (Lipinski definition) is 0. The molecule has 1 atom stereocenters. The molecular weight excluding hydrogens is 312 g/mol. The Balaban J connectivity index is 1.89. The van der Waals surface area contributed by atoms with Crippen LogP contribution in [0.5, 0.6) is 0 Å². The van der Waals surface area contributed by atoms with Crippen LogP contribution in [-0.4, -0.2) is 48.4 Å². The third-order valence-electron chi connectivity index (χ3n) is 4.29. The Labute approximate surface area is 136 Å². The van der Waals surface area contributed by atoms with Gasteiger partial charge in [-0.25, -0.2) is 8.42 Å². The van der Waals surface area contributed by atoms with E-state index in [9.17, 15) is 13.2 Å². The zero-order chi connectivity index (χ0) is 16.4. The van der Waals surface area contributed by atoms with E-state index in [1.54, 1.807) is 11.0 Å². The number of rotatable bonds is 3. The summed E-state index contributed by atoms with van der Waals surface area (Å²) in [4.78, 5) is 14.6. The Bertz CT molecular complexity index is 797. The summed E-state index contributed by atoms with van der Waals surface area (Å²) in [5.74, 6) is -0.109. The van der Waals surface area contributed by atoms with Crippen LogP contribution < -0.4 is 0 Å². The number of para-hydroxylation sites is 1. The molecule has 0 bridgehead atoms. The molecule has 0 saturated carbocycles. The minimum absolute atomic E-state index is 0.109. The molecule has 1 aliphatic heterocycles. The van der Waals surface area contributed by atoms with E-state index in [4.69, 9.17) is 0 Å². The van der Waals surface area contributed by atoms with Gasteiger partial charge in [0.25, 0.3) is 5.91 Å². The van der Waals surface area contributed by atoms with Gasteiger partial charge in [0.1, 0.15) is 0 Å². The van der Waals surface area contributed by atoms with Gasteiger partial charge in [-0.1, -0.05) is 12.1 Å². The summed E-state index contributed by atoms with van der Waals surface area (Å²) in [6.07, 6.45) is 6.37. The van der Waals surface area contributed by atoms with Gasteiger partial charge < -0.3 is 9.47 Å². The lowest BCUT2D eigenvalue weighted by molar-refractivity contribution is 0.0727. The summed E-state index contributed by atoms with van der Waals surface area (Å²) in [5.41, 5.74) is 1.40. The zero-order valence-electron chi connectivity index (χ0n) is 13.1. The van der Waals surface area contributed by atoms with Crippen molar-refractivity contribution < 1.29 is 13.2 Å². The molecule has 2 heterocycles. The van der Waals surface area contributed by atoms with Crippen molar-refractivity contribution in [3.63, 3.8) is 0 Å². The molecule has 122 valence electrons. The SMILES string of the molecule is CS(=O)(=O)C1CCCN(C(=O)c2ccccc2-n2cccc2)C1. The molecule has 3 rings (SSSR count). The van der Waals surface area contributed by atoms with E-state index in [0.717, 1.165) is 12.1 Å².